The van der Waals surface area contributed by atoms with Gasteiger partial charge in [0.25, 0.3) is 0 Å². The van der Waals surface area contributed by atoms with Crippen molar-refractivity contribution in [2.45, 2.75) is 110 Å². The van der Waals surface area contributed by atoms with Crippen molar-refractivity contribution in [1.29, 1.82) is 5.26 Å². The van der Waals surface area contributed by atoms with Crippen molar-refractivity contribution in [2.75, 3.05) is 0 Å². The van der Waals surface area contributed by atoms with E-state index in [1.54, 1.807) is 0 Å². The molecule has 0 aromatic heterocycles. The van der Waals surface area contributed by atoms with E-state index in [9.17, 15) is 5.26 Å². The van der Waals surface area contributed by atoms with Gasteiger partial charge in [-0.05, 0) is 62.7 Å². The lowest BCUT2D eigenvalue weighted by Crippen LogP contribution is -2.31. The molecule has 0 spiro atoms. The van der Waals surface area contributed by atoms with Crippen molar-refractivity contribution in [3.05, 3.63) is 0 Å². The minimum Gasteiger partial charge on any atom is -0.198 e. The highest BCUT2D eigenvalue weighted by Crippen LogP contribution is 2.47. The Morgan fingerprint density at radius 2 is 1.43 bits per heavy atom. The van der Waals surface area contributed by atoms with Gasteiger partial charge < -0.3 is 0 Å². The summed E-state index contributed by atoms with van der Waals surface area (Å²) >= 11 is 0. The number of nitrogens with zero attached hydrogens (tertiary/aromatic N) is 1. The first-order valence-corrected chi connectivity index (χ1v) is 10.6. The zero-order valence-corrected chi connectivity index (χ0v) is 15.8. The normalized spacial score (nSPS) is 34.9. The second-order valence-electron chi connectivity index (χ2n) is 8.61. The number of rotatable bonds is 8. The molecule has 2 aliphatic carbocycles. The van der Waals surface area contributed by atoms with Crippen LogP contribution in [0.2, 0.25) is 0 Å². The Labute approximate surface area is 145 Å². The lowest BCUT2D eigenvalue weighted by molar-refractivity contribution is 0.115. The number of unbranched alkanes of at least 4 members (excludes halogenated alkanes) is 3. The van der Waals surface area contributed by atoms with E-state index >= 15 is 0 Å². The minimum atomic E-state index is 0.0455. The monoisotopic (exact) mass is 317 g/mol. The van der Waals surface area contributed by atoms with Crippen LogP contribution in [0.5, 0.6) is 0 Å². The Kier molecular flexibility index (Phi) is 7.94. The summed E-state index contributed by atoms with van der Waals surface area (Å²) in [4.78, 5) is 0. The van der Waals surface area contributed by atoms with Crippen LogP contribution >= 0.6 is 0 Å². The van der Waals surface area contributed by atoms with E-state index in [1.165, 1.54) is 89.9 Å². The van der Waals surface area contributed by atoms with E-state index in [0.717, 1.165) is 24.2 Å². The third-order valence-corrected chi connectivity index (χ3v) is 7.01. The van der Waals surface area contributed by atoms with Crippen LogP contribution in [0.3, 0.4) is 0 Å². The van der Waals surface area contributed by atoms with Gasteiger partial charge in [0.05, 0.1) is 11.5 Å². The average molecular weight is 318 g/mol. The van der Waals surface area contributed by atoms with Gasteiger partial charge >= 0.3 is 0 Å². The molecule has 0 N–H and O–H groups in total. The van der Waals surface area contributed by atoms with Gasteiger partial charge in [0.1, 0.15) is 0 Å². The van der Waals surface area contributed by atoms with Crippen LogP contribution in [0.15, 0.2) is 0 Å². The summed E-state index contributed by atoms with van der Waals surface area (Å²) in [6.07, 6.45) is 20.3. The van der Waals surface area contributed by atoms with E-state index in [4.69, 9.17) is 0 Å². The second kappa shape index (κ2) is 9.71. The molecule has 2 aliphatic rings. The third kappa shape index (κ3) is 5.51. The SMILES string of the molecule is CCCCCC1CCC(C2CCC(C#N)(CCCC)CC2)CC1. The Bertz CT molecular complexity index is 351. The maximum Gasteiger partial charge on any atom is 0.0689 e. The van der Waals surface area contributed by atoms with Gasteiger partial charge in [0.15, 0.2) is 0 Å². The predicted octanol–water partition coefficient (Wildman–Crippen LogP) is 7.26. The Hall–Kier alpha value is -0.510. The second-order valence-corrected chi connectivity index (χ2v) is 8.61. The number of hydrogen-bond acceptors (Lipinski definition) is 1. The molecule has 1 nitrogen and oxygen atoms in total. The smallest absolute Gasteiger partial charge is 0.0689 e. The number of hydrogen-bond donors (Lipinski definition) is 0. The van der Waals surface area contributed by atoms with Crippen LogP contribution in [-0.2, 0) is 0 Å². The molecular formula is C22H39N. The van der Waals surface area contributed by atoms with Crippen molar-refractivity contribution in [3.8, 4) is 6.07 Å². The molecule has 0 unspecified atom stereocenters. The van der Waals surface area contributed by atoms with Gasteiger partial charge in [-0.1, -0.05) is 65.2 Å². The maximum atomic E-state index is 9.65. The van der Waals surface area contributed by atoms with Crippen LogP contribution in [0, 0.1) is 34.5 Å². The van der Waals surface area contributed by atoms with Crippen LogP contribution in [-0.4, -0.2) is 0 Å². The minimum absolute atomic E-state index is 0.0455. The molecule has 0 aromatic rings. The molecule has 132 valence electrons. The largest absolute Gasteiger partial charge is 0.198 e. The molecule has 0 atom stereocenters. The zero-order valence-electron chi connectivity index (χ0n) is 15.8. The summed E-state index contributed by atoms with van der Waals surface area (Å²) in [5.41, 5.74) is 0.0455. The molecule has 0 heterocycles. The van der Waals surface area contributed by atoms with Crippen molar-refractivity contribution >= 4 is 0 Å². The van der Waals surface area contributed by atoms with E-state index in [0.29, 0.717) is 0 Å². The average Bonchev–Trinajstić information content (AvgIpc) is 2.61. The van der Waals surface area contributed by atoms with Crippen molar-refractivity contribution < 1.29 is 0 Å². The molecule has 0 amide bonds. The van der Waals surface area contributed by atoms with Gasteiger partial charge in [-0.15, -0.1) is 0 Å². The van der Waals surface area contributed by atoms with Crippen LogP contribution in [0.4, 0.5) is 0 Å². The first-order chi connectivity index (χ1) is 11.2. The third-order valence-electron chi connectivity index (χ3n) is 7.01. The fourth-order valence-electron chi connectivity index (χ4n) is 5.23. The molecule has 0 aliphatic heterocycles. The van der Waals surface area contributed by atoms with Crippen LogP contribution in [0.1, 0.15) is 110 Å². The first kappa shape index (κ1) is 18.8. The highest BCUT2D eigenvalue weighted by molar-refractivity contribution is 5.02. The summed E-state index contributed by atoms with van der Waals surface area (Å²) in [5.74, 6) is 2.96. The van der Waals surface area contributed by atoms with Crippen LogP contribution in [0.25, 0.3) is 0 Å². The number of nitriles is 1. The summed E-state index contributed by atoms with van der Waals surface area (Å²) in [6, 6.07) is 2.71. The molecule has 0 radical (unpaired) electrons. The van der Waals surface area contributed by atoms with Crippen molar-refractivity contribution in [2.24, 2.45) is 23.2 Å². The Balaban J connectivity index is 1.71. The Morgan fingerprint density at radius 3 is 2.00 bits per heavy atom. The van der Waals surface area contributed by atoms with Gasteiger partial charge in [-0.25, -0.2) is 0 Å². The molecule has 2 rings (SSSR count). The Morgan fingerprint density at radius 1 is 0.826 bits per heavy atom. The fourth-order valence-corrected chi connectivity index (χ4v) is 5.23. The topological polar surface area (TPSA) is 23.8 Å². The predicted molar refractivity (Wildman–Crippen MR) is 99.1 cm³/mol. The van der Waals surface area contributed by atoms with Gasteiger partial charge in [-0.2, -0.15) is 5.26 Å². The van der Waals surface area contributed by atoms with Gasteiger partial charge in [0, 0.05) is 0 Å². The molecule has 0 aromatic carbocycles. The first-order valence-electron chi connectivity index (χ1n) is 10.6. The summed E-state index contributed by atoms with van der Waals surface area (Å²) in [7, 11) is 0. The summed E-state index contributed by atoms with van der Waals surface area (Å²) in [5, 5.41) is 9.65. The lowest BCUT2D eigenvalue weighted by atomic mass is 9.63. The molecule has 2 saturated carbocycles. The molecule has 0 bridgehead atoms. The van der Waals surface area contributed by atoms with Crippen molar-refractivity contribution in [1.82, 2.24) is 0 Å². The highest BCUT2D eigenvalue weighted by Gasteiger charge is 2.38. The summed E-state index contributed by atoms with van der Waals surface area (Å²) < 4.78 is 0. The van der Waals surface area contributed by atoms with Crippen LogP contribution < -0.4 is 0 Å². The maximum absolute atomic E-state index is 9.65. The molecule has 2 fully saturated rings. The van der Waals surface area contributed by atoms with Gasteiger partial charge in [-0.3, -0.25) is 0 Å². The molecule has 23 heavy (non-hydrogen) atoms. The summed E-state index contributed by atoms with van der Waals surface area (Å²) in [6.45, 7) is 4.55. The standard InChI is InChI=1S/C22H39N/c1-3-5-7-8-19-9-11-20(12-10-19)21-13-16-22(18-23,17-14-21)15-6-4-2/h19-21H,3-17H2,1-2H3. The van der Waals surface area contributed by atoms with E-state index in [2.05, 4.69) is 19.9 Å². The highest BCUT2D eigenvalue weighted by atomic mass is 14.4. The van der Waals surface area contributed by atoms with E-state index < -0.39 is 0 Å². The molecule has 0 saturated heterocycles. The molecule has 1 heteroatoms. The fraction of sp³-hybridized carbons (Fsp3) is 0.955. The zero-order chi connectivity index (χ0) is 16.5. The van der Waals surface area contributed by atoms with Crippen molar-refractivity contribution in [3.63, 3.8) is 0 Å². The molecular weight excluding hydrogens is 278 g/mol. The van der Waals surface area contributed by atoms with Gasteiger partial charge in [0.2, 0.25) is 0 Å². The van der Waals surface area contributed by atoms with E-state index in [-0.39, 0.29) is 5.41 Å². The lowest BCUT2D eigenvalue weighted by Gasteiger charge is -2.41. The van der Waals surface area contributed by atoms with E-state index in [1.807, 2.05) is 0 Å². The quantitative estimate of drug-likeness (QED) is 0.432.